The Morgan fingerprint density at radius 2 is 1.67 bits per heavy atom. The minimum Gasteiger partial charge on any atom is -0.383 e. The number of amides is 1. The van der Waals surface area contributed by atoms with Gasteiger partial charge in [-0.25, -0.2) is 0 Å². The number of rotatable bonds is 5. The topological polar surface area (TPSA) is 58.8 Å². The molecule has 0 spiro atoms. The number of carbonyl (C=O) groups is 1. The molecule has 1 aliphatic rings. The first kappa shape index (κ1) is 23.2. The molecule has 1 atom stereocenters. The predicted octanol–water partition coefficient (Wildman–Crippen LogP) is 3.25. The number of hydrogen-bond donors (Lipinski definition) is 1. The molecule has 2 aromatic carbocycles. The van der Waals surface area contributed by atoms with Crippen LogP contribution in [0, 0.1) is 0 Å². The molecule has 3 rings (SSSR count). The Balaban J connectivity index is 0.00000182. The maximum atomic E-state index is 12.8. The first-order chi connectivity index (χ1) is 12.2. The molecule has 1 aliphatic heterocycles. The van der Waals surface area contributed by atoms with Crippen LogP contribution in [0.15, 0.2) is 54.6 Å². The molecular formula is C20H27Cl2N3O2. The predicted molar refractivity (Wildman–Crippen MR) is 115 cm³/mol. The van der Waals surface area contributed by atoms with Crippen LogP contribution in [-0.4, -0.2) is 38.8 Å². The van der Waals surface area contributed by atoms with Gasteiger partial charge in [-0.1, -0.05) is 42.5 Å². The average molecular weight is 412 g/mol. The molecule has 7 heteroatoms. The number of carbonyl (C=O) groups excluding carboxylic acids is 1. The van der Waals surface area contributed by atoms with E-state index < -0.39 is 6.04 Å². The van der Waals surface area contributed by atoms with E-state index >= 15 is 0 Å². The van der Waals surface area contributed by atoms with Crippen molar-refractivity contribution in [2.75, 3.05) is 36.6 Å². The molecule has 0 fully saturated rings. The Labute approximate surface area is 173 Å². The van der Waals surface area contributed by atoms with Gasteiger partial charge in [-0.05, 0) is 24.1 Å². The van der Waals surface area contributed by atoms with E-state index in [0.717, 1.165) is 30.9 Å². The number of para-hydroxylation sites is 2. The molecule has 1 amide bonds. The van der Waals surface area contributed by atoms with E-state index in [4.69, 9.17) is 10.5 Å². The fraction of sp³-hybridized carbons (Fsp3) is 0.350. The summed E-state index contributed by atoms with van der Waals surface area (Å²) in [4.78, 5) is 16.9. The van der Waals surface area contributed by atoms with Gasteiger partial charge in [0.1, 0.15) is 6.04 Å². The normalized spacial score (nSPS) is 14.3. The van der Waals surface area contributed by atoms with Crippen molar-refractivity contribution in [3.8, 4) is 0 Å². The van der Waals surface area contributed by atoms with E-state index in [1.54, 1.807) is 7.11 Å². The van der Waals surface area contributed by atoms with Crippen molar-refractivity contribution in [2.45, 2.75) is 19.0 Å². The lowest BCUT2D eigenvalue weighted by atomic mass is 10.1. The third-order valence-electron chi connectivity index (χ3n) is 4.47. The van der Waals surface area contributed by atoms with E-state index in [0.29, 0.717) is 6.54 Å². The Morgan fingerprint density at radius 1 is 1.04 bits per heavy atom. The largest absolute Gasteiger partial charge is 0.383 e. The number of nitrogens with zero attached hydrogens (tertiary/aromatic N) is 2. The number of halogens is 2. The van der Waals surface area contributed by atoms with E-state index in [9.17, 15) is 4.79 Å². The van der Waals surface area contributed by atoms with E-state index in [-0.39, 0.29) is 37.3 Å². The van der Waals surface area contributed by atoms with Crippen LogP contribution in [0.25, 0.3) is 0 Å². The highest BCUT2D eigenvalue weighted by Crippen LogP contribution is 2.33. The molecule has 1 unspecified atom stereocenters. The lowest BCUT2D eigenvalue weighted by molar-refractivity contribution is -0.120. The van der Waals surface area contributed by atoms with E-state index in [2.05, 4.69) is 35.2 Å². The molecule has 148 valence electrons. The van der Waals surface area contributed by atoms with Gasteiger partial charge in [0.15, 0.2) is 0 Å². The first-order valence-corrected chi connectivity index (χ1v) is 8.64. The fourth-order valence-corrected chi connectivity index (χ4v) is 3.27. The summed E-state index contributed by atoms with van der Waals surface area (Å²) in [6, 6.07) is 17.8. The molecule has 0 aromatic heterocycles. The van der Waals surface area contributed by atoms with Crippen molar-refractivity contribution in [3.63, 3.8) is 0 Å². The standard InChI is InChI=1S/C20H25N3O2.2ClH/c1-25-15-17(21)20(24)23-13-7-12-22(14-16-8-3-2-4-9-16)18-10-5-6-11-19(18)23;;/h2-6,8-11,17H,7,12-15,21H2,1H3;2*1H. The quantitative estimate of drug-likeness (QED) is 0.819. The van der Waals surface area contributed by atoms with Crippen molar-refractivity contribution >= 4 is 42.1 Å². The highest BCUT2D eigenvalue weighted by Gasteiger charge is 2.27. The minimum atomic E-state index is -0.640. The highest BCUT2D eigenvalue weighted by atomic mass is 35.5. The highest BCUT2D eigenvalue weighted by molar-refractivity contribution is 6.00. The Kier molecular flexibility index (Phi) is 9.60. The summed E-state index contributed by atoms with van der Waals surface area (Å²) in [7, 11) is 1.56. The second kappa shape index (κ2) is 11.1. The van der Waals surface area contributed by atoms with Crippen LogP contribution >= 0.6 is 24.8 Å². The molecule has 2 N–H and O–H groups in total. The summed E-state index contributed by atoms with van der Waals surface area (Å²) >= 11 is 0. The zero-order chi connectivity index (χ0) is 17.6. The summed E-state index contributed by atoms with van der Waals surface area (Å²) in [5.41, 5.74) is 9.25. The molecule has 5 nitrogen and oxygen atoms in total. The maximum Gasteiger partial charge on any atom is 0.246 e. The zero-order valence-corrected chi connectivity index (χ0v) is 17.0. The number of benzene rings is 2. The maximum absolute atomic E-state index is 12.8. The van der Waals surface area contributed by atoms with Gasteiger partial charge >= 0.3 is 0 Å². The van der Waals surface area contributed by atoms with Crippen LogP contribution in [0.3, 0.4) is 0 Å². The second-order valence-electron chi connectivity index (χ2n) is 6.30. The van der Waals surface area contributed by atoms with Gasteiger partial charge in [0.2, 0.25) is 5.91 Å². The third-order valence-corrected chi connectivity index (χ3v) is 4.47. The van der Waals surface area contributed by atoms with Crippen LogP contribution in [0.5, 0.6) is 0 Å². The molecule has 0 radical (unpaired) electrons. The number of methoxy groups -OCH3 is 1. The van der Waals surface area contributed by atoms with Crippen molar-refractivity contribution in [1.29, 1.82) is 0 Å². The molecule has 2 aromatic rings. The molecule has 0 saturated heterocycles. The lowest BCUT2D eigenvalue weighted by Crippen LogP contribution is -2.46. The van der Waals surface area contributed by atoms with Crippen LogP contribution in [0.2, 0.25) is 0 Å². The van der Waals surface area contributed by atoms with Gasteiger partial charge in [0.25, 0.3) is 0 Å². The summed E-state index contributed by atoms with van der Waals surface area (Å²) in [5, 5.41) is 0. The van der Waals surface area contributed by atoms with Crippen molar-refractivity contribution in [1.82, 2.24) is 0 Å². The van der Waals surface area contributed by atoms with Gasteiger partial charge in [-0.3, -0.25) is 4.79 Å². The minimum absolute atomic E-state index is 0. The first-order valence-electron chi connectivity index (χ1n) is 8.64. The molecule has 27 heavy (non-hydrogen) atoms. The average Bonchev–Trinajstić information content (AvgIpc) is 2.82. The van der Waals surface area contributed by atoms with E-state index in [1.165, 1.54) is 5.56 Å². The number of ether oxygens (including phenoxy) is 1. The van der Waals surface area contributed by atoms with Gasteiger partial charge in [0.05, 0.1) is 18.0 Å². The molecule has 1 heterocycles. The van der Waals surface area contributed by atoms with Crippen LogP contribution < -0.4 is 15.5 Å². The van der Waals surface area contributed by atoms with Gasteiger partial charge < -0.3 is 20.3 Å². The lowest BCUT2D eigenvalue weighted by Gasteiger charge is -2.28. The fourth-order valence-electron chi connectivity index (χ4n) is 3.27. The van der Waals surface area contributed by atoms with Crippen LogP contribution in [0.4, 0.5) is 11.4 Å². The Morgan fingerprint density at radius 3 is 2.33 bits per heavy atom. The Hall–Kier alpha value is -1.79. The van der Waals surface area contributed by atoms with Crippen LogP contribution in [0.1, 0.15) is 12.0 Å². The van der Waals surface area contributed by atoms with Crippen molar-refractivity contribution in [3.05, 3.63) is 60.2 Å². The summed E-state index contributed by atoms with van der Waals surface area (Å²) in [6.45, 7) is 2.61. The number of anilines is 2. The van der Waals surface area contributed by atoms with Crippen molar-refractivity contribution in [2.24, 2.45) is 5.73 Å². The molecule has 0 saturated carbocycles. The number of fused-ring (bicyclic) bond motifs is 1. The van der Waals surface area contributed by atoms with Gasteiger partial charge in [-0.15, -0.1) is 24.8 Å². The van der Waals surface area contributed by atoms with Gasteiger partial charge in [0, 0.05) is 26.7 Å². The summed E-state index contributed by atoms with van der Waals surface area (Å²) in [5.74, 6) is -0.0872. The van der Waals surface area contributed by atoms with E-state index in [1.807, 2.05) is 29.2 Å². The smallest absolute Gasteiger partial charge is 0.246 e. The van der Waals surface area contributed by atoms with Crippen molar-refractivity contribution < 1.29 is 9.53 Å². The monoisotopic (exact) mass is 411 g/mol. The zero-order valence-electron chi connectivity index (χ0n) is 15.4. The molecular weight excluding hydrogens is 385 g/mol. The SMILES string of the molecule is COCC(N)C(=O)N1CCCN(Cc2ccccc2)c2ccccc21.Cl.Cl. The van der Waals surface area contributed by atoms with Gasteiger partial charge in [-0.2, -0.15) is 0 Å². The summed E-state index contributed by atoms with van der Waals surface area (Å²) in [6.07, 6.45) is 0.896. The molecule has 0 bridgehead atoms. The third kappa shape index (κ3) is 5.59. The molecule has 0 aliphatic carbocycles. The number of hydrogen-bond acceptors (Lipinski definition) is 4. The second-order valence-corrected chi connectivity index (χ2v) is 6.30. The Bertz CT molecular complexity index is 715. The summed E-state index contributed by atoms with van der Waals surface area (Å²) < 4.78 is 5.05. The number of nitrogens with two attached hydrogens (primary N) is 1. The van der Waals surface area contributed by atoms with Crippen LogP contribution in [-0.2, 0) is 16.1 Å².